The Hall–Kier alpha value is -2.28. The molecule has 1 aromatic carbocycles. The molecule has 0 aliphatic heterocycles. The summed E-state index contributed by atoms with van der Waals surface area (Å²) in [6.45, 7) is 0.490. The third kappa shape index (κ3) is 2.85. The minimum atomic E-state index is 0.345. The second kappa shape index (κ2) is 5.17. The third-order valence-electron chi connectivity index (χ3n) is 2.44. The number of nitriles is 1. The highest BCUT2D eigenvalue weighted by atomic mass is 16.5. The highest BCUT2D eigenvalue weighted by molar-refractivity contribution is 5.19. The standard InChI is InChI=1S/C13H13N3O/c1-16-12(7-8-14)9-13(15-16)17-10-11-5-3-2-4-6-11/h2-6,9H,7,10H2,1H3. The van der Waals surface area contributed by atoms with Crippen LogP contribution in [0.25, 0.3) is 0 Å². The van der Waals surface area contributed by atoms with Gasteiger partial charge in [-0.1, -0.05) is 30.3 Å². The maximum Gasteiger partial charge on any atom is 0.233 e. The van der Waals surface area contributed by atoms with E-state index in [0.717, 1.165) is 11.3 Å². The van der Waals surface area contributed by atoms with Gasteiger partial charge < -0.3 is 4.74 Å². The molecule has 0 atom stereocenters. The van der Waals surface area contributed by atoms with E-state index in [1.54, 1.807) is 10.7 Å². The minimum absolute atomic E-state index is 0.345. The van der Waals surface area contributed by atoms with Crippen molar-refractivity contribution in [3.05, 3.63) is 47.7 Å². The van der Waals surface area contributed by atoms with Gasteiger partial charge in [0.15, 0.2) is 0 Å². The average molecular weight is 227 g/mol. The van der Waals surface area contributed by atoms with Gasteiger partial charge >= 0.3 is 0 Å². The van der Waals surface area contributed by atoms with Gasteiger partial charge in [-0.2, -0.15) is 5.26 Å². The summed E-state index contributed by atoms with van der Waals surface area (Å²) in [7, 11) is 1.81. The SMILES string of the molecule is Cn1nc(OCc2ccccc2)cc1CC#N. The van der Waals surface area contributed by atoms with Crippen molar-refractivity contribution in [1.29, 1.82) is 5.26 Å². The van der Waals surface area contributed by atoms with Crippen LogP contribution >= 0.6 is 0 Å². The summed E-state index contributed by atoms with van der Waals surface area (Å²) in [4.78, 5) is 0. The number of aryl methyl sites for hydroxylation is 1. The molecule has 17 heavy (non-hydrogen) atoms. The van der Waals surface area contributed by atoms with Crippen molar-refractivity contribution in [1.82, 2.24) is 9.78 Å². The molecule has 0 amide bonds. The van der Waals surface area contributed by atoms with Gasteiger partial charge in [0.25, 0.3) is 0 Å². The van der Waals surface area contributed by atoms with E-state index in [-0.39, 0.29) is 0 Å². The van der Waals surface area contributed by atoms with Crippen LogP contribution in [0.4, 0.5) is 0 Å². The summed E-state index contributed by atoms with van der Waals surface area (Å²) in [5.41, 5.74) is 1.95. The summed E-state index contributed by atoms with van der Waals surface area (Å²) in [6, 6.07) is 13.8. The van der Waals surface area contributed by atoms with Gasteiger partial charge in [0.1, 0.15) is 6.61 Å². The molecule has 4 heteroatoms. The number of hydrogen-bond acceptors (Lipinski definition) is 3. The molecular formula is C13H13N3O. The first kappa shape index (κ1) is 11.2. The van der Waals surface area contributed by atoms with Crippen molar-refractivity contribution in [2.45, 2.75) is 13.0 Å². The number of ether oxygens (including phenoxy) is 1. The molecule has 0 spiro atoms. The van der Waals surface area contributed by atoms with Crippen LogP contribution in [0.2, 0.25) is 0 Å². The van der Waals surface area contributed by atoms with E-state index in [2.05, 4.69) is 11.2 Å². The Labute approximate surface area is 100 Å². The second-order valence-corrected chi connectivity index (χ2v) is 3.71. The van der Waals surface area contributed by atoms with E-state index in [4.69, 9.17) is 10.00 Å². The summed E-state index contributed by atoms with van der Waals surface area (Å²) < 4.78 is 7.23. The highest BCUT2D eigenvalue weighted by Gasteiger charge is 2.05. The highest BCUT2D eigenvalue weighted by Crippen LogP contribution is 2.13. The predicted molar refractivity (Wildman–Crippen MR) is 63.3 cm³/mol. The Morgan fingerprint density at radius 2 is 2.12 bits per heavy atom. The first-order valence-corrected chi connectivity index (χ1v) is 5.36. The van der Waals surface area contributed by atoms with Crippen LogP contribution in [0.3, 0.4) is 0 Å². The molecular weight excluding hydrogens is 214 g/mol. The maximum atomic E-state index is 8.63. The molecule has 0 aliphatic carbocycles. The van der Waals surface area contributed by atoms with Crippen molar-refractivity contribution >= 4 is 0 Å². The third-order valence-corrected chi connectivity index (χ3v) is 2.44. The van der Waals surface area contributed by atoms with Crippen LogP contribution in [0.1, 0.15) is 11.3 Å². The van der Waals surface area contributed by atoms with Gasteiger partial charge in [-0.05, 0) is 5.56 Å². The van der Waals surface area contributed by atoms with E-state index in [0.29, 0.717) is 18.9 Å². The number of hydrogen-bond donors (Lipinski definition) is 0. The molecule has 0 N–H and O–H groups in total. The molecule has 4 nitrogen and oxygen atoms in total. The second-order valence-electron chi connectivity index (χ2n) is 3.71. The van der Waals surface area contributed by atoms with Crippen LogP contribution in [-0.4, -0.2) is 9.78 Å². The number of aromatic nitrogens is 2. The van der Waals surface area contributed by atoms with Gasteiger partial charge in [0, 0.05) is 13.1 Å². The number of rotatable bonds is 4. The zero-order valence-electron chi connectivity index (χ0n) is 9.63. The smallest absolute Gasteiger partial charge is 0.233 e. The molecule has 86 valence electrons. The lowest BCUT2D eigenvalue weighted by atomic mass is 10.2. The van der Waals surface area contributed by atoms with Gasteiger partial charge in [-0.15, -0.1) is 5.10 Å². The predicted octanol–water partition coefficient (Wildman–Crippen LogP) is 2.07. The fourth-order valence-electron chi connectivity index (χ4n) is 1.53. The van der Waals surface area contributed by atoms with Crippen LogP contribution in [-0.2, 0) is 20.1 Å². The van der Waals surface area contributed by atoms with Crippen molar-refractivity contribution in [2.75, 3.05) is 0 Å². The Bertz CT molecular complexity index is 525. The lowest BCUT2D eigenvalue weighted by molar-refractivity contribution is 0.291. The fraction of sp³-hybridized carbons (Fsp3) is 0.231. The molecule has 0 aliphatic rings. The quantitative estimate of drug-likeness (QED) is 0.803. The lowest BCUT2D eigenvalue weighted by Crippen LogP contribution is -1.98. The molecule has 0 radical (unpaired) electrons. The van der Waals surface area contributed by atoms with E-state index >= 15 is 0 Å². The van der Waals surface area contributed by atoms with E-state index in [1.165, 1.54) is 0 Å². The van der Waals surface area contributed by atoms with Crippen molar-refractivity contribution in [3.8, 4) is 11.9 Å². The van der Waals surface area contributed by atoms with E-state index in [1.807, 2.05) is 37.4 Å². The summed E-state index contributed by atoms with van der Waals surface area (Å²) in [6.07, 6.45) is 0.345. The van der Waals surface area contributed by atoms with Crippen molar-refractivity contribution < 1.29 is 4.74 Å². The molecule has 0 saturated carbocycles. The van der Waals surface area contributed by atoms with Crippen LogP contribution in [0.15, 0.2) is 36.4 Å². The number of benzene rings is 1. The monoisotopic (exact) mass is 227 g/mol. The van der Waals surface area contributed by atoms with Gasteiger partial charge in [-0.3, -0.25) is 4.68 Å². The zero-order chi connectivity index (χ0) is 12.1. The van der Waals surface area contributed by atoms with Crippen LogP contribution in [0.5, 0.6) is 5.88 Å². The Morgan fingerprint density at radius 1 is 1.35 bits per heavy atom. The maximum absolute atomic E-state index is 8.63. The number of nitrogens with zero attached hydrogens (tertiary/aromatic N) is 3. The Kier molecular flexibility index (Phi) is 3.41. The molecule has 0 unspecified atom stereocenters. The minimum Gasteiger partial charge on any atom is -0.472 e. The van der Waals surface area contributed by atoms with Gasteiger partial charge in [0.2, 0.25) is 5.88 Å². The molecule has 2 rings (SSSR count). The largest absolute Gasteiger partial charge is 0.472 e. The summed E-state index contributed by atoms with van der Waals surface area (Å²) >= 11 is 0. The Balaban J connectivity index is 2.00. The van der Waals surface area contributed by atoms with Crippen molar-refractivity contribution in [2.24, 2.45) is 7.05 Å². The molecule has 1 heterocycles. The first-order valence-electron chi connectivity index (χ1n) is 5.36. The van der Waals surface area contributed by atoms with Gasteiger partial charge in [-0.25, -0.2) is 0 Å². The van der Waals surface area contributed by atoms with E-state index in [9.17, 15) is 0 Å². The normalized spacial score (nSPS) is 9.88. The summed E-state index contributed by atoms with van der Waals surface area (Å²) in [5, 5.41) is 12.8. The molecule has 0 fully saturated rings. The van der Waals surface area contributed by atoms with Gasteiger partial charge in [0.05, 0.1) is 18.2 Å². The zero-order valence-corrected chi connectivity index (χ0v) is 9.63. The fourth-order valence-corrected chi connectivity index (χ4v) is 1.53. The molecule has 0 bridgehead atoms. The summed E-state index contributed by atoms with van der Waals surface area (Å²) in [5.74, 6) is 0.557. The molecule has 1 aromatic heterocycles. The lowest BCUT2D eigenvalue weighted by Gasteiger charge is -2.01. The van der Waals surface area contributed by atoms with E-state index < -0.39 is 0 Å². The first-order chi connectivity index (χ1) is 8.29. The Morgan fingerprint density at radius 3 is 2.82 bits per heavy atom. The topological polar surface area (TPSA) is 50.8 Å². The molecule has 2 aromatic rings. The molecule has 0 saturated heterocycles. The van der Waals surface area contributed by atoms with Crippen LogP contribution in [0, 0.1) is 11.3 Å². The van der Waals surface area contributed by atoms with Crippen molar-refractivity contribution in [3.63, 3.8) is 0 Å². The average Bonchev–Trinajstić information content (AvgIpc) is 2.70. The van der Waals surface area contributed by atoms with Crippen LogP contribution < -0.4 is 4.74 Å².